The molecule has 2 amide bonds. The molecule has 0 saturated heterocycles. The van der Waals surface area contributed by atoms with Gasteiger partial charge in [-0.1, -0.05) is 23.7 Å². The van der Waals surface area contributed by atoms with Crippen molar-refractivity contribution in [1.29, 1.82) is 0 Å². The summed E-state index contributed by atoms with van der Waals surface area (Å²) in [6.07, 6.45) is 6.25. The highest BCUT2D eigenvalue weighted by atomic mass is 35.5. The molecule has 142 valence electrons. The number of rotatable bonds is 5. The van der Waals surface area contributed by atoms with Crippen LogP contribution >= 0.6 is 22.9 Å². The number of carbonyl (C=O) groups excluding carboxylic acids is 2. The first-order chi connectivity index (χ1) is 13.6. The molecule has 0 radical (unpaired) electrons. The second kappa shape index (κ2) is 8.12. The molecule has 3 aromatic rings. The summed E-state index contributed by atoms with van der Waals surface area (Å²) >= 11 is 7.48. The summed E-state index contributed by atoms with van der Waals surface area (Å²) in [5, 5.41) is 6.95. The van der Waals surface area contributed by atoms with Gasteiger partial charge in [-0.2, -0.15) is 0 Å². The molecule has 2 heterocycles. The van der Waals surface area contributed by atoms with Gasteiger partial charge in [0.1, 0.15) is 5.00 Å². The van der Waals surface area contributed by atoms with Crippen LogP contribution in [0.5, 0.6) is 0 Å². The van der Waals surface area contributed by atoms with Gasteiger partial charge in [0, 0.05) is 34.4 Å². The van der Waals surface area contributed by atoms with Crippen LogP contribution in [0.3, 0.4) is 0 Å². The fraction of sp³-hybridized carbons (Fsp3) is 0.190. The quantitative estimate of drug-likeness (QED) is 0.650. The van der Waals surface area contributed by atoms with Crippen molar-refractivity contribution < 1.29 is 9.59 Å². The molecule has 2 aromatic heterocycles. The van der Waals surface area contributed by atoms with Crippen LogP contribution in [0.2, 0.25) is 5.02 Å². The number of fused-ring (bicyclic) bond motifs is 1. The summed E-state index contributed by atoms with van der Waals surface area (Å²) in [7, 11) is 0. The SMILES string of the molecule is O=C(Nc1sc2c(c1C(=O)NCc1cccnc1)CCC2)c1cccc(Cl)c1. The molecule has 28 heavy (non-hydrogen) atoms. The first kappa shape index (κ1) is 18.7. The van der Waals surface area contributed by atoms with Crippen LogP contribution in [0.25, 0.3) is 0 Å². The zero-order valence-corrected chi connectivity index (χ0v) is 16.6. The van der Waals surface area contributed by atoms with Crippen molar-refractivity contribution in [2.24, 2.45) is 0 Å². The van der Waals surface area contributed by atoms with E-state index in [2.05, 4.69) is 15.6 Å². The van der Waals surface area contributed by atoms with Gasteiger partial charge in [-0.05, 0) is 54.7 Å². The Labute approximate surface area is 171 Å². The lowest BCUT2D eigenvalue weighted by atomic mass is 10.1. The van der Waals surface area contributed by atoms with E-state index in [-0.39, 0.29) is 11.8 Å². The number of carbonyl (C=O) groups is 2. The smallest absolute Gasteiger partial charge is 0.256 e. The number of thiophene rings is 1. The Kier molecular flexibility index (Phi) is 5.41. The molecule has 0 atom stereocenters. The number of nitrogens with one attached hydrogen (secondary N) is 2. The third kappa shape index (κ3) is 3.93. The summed E-state index contributed by atoms with van der Waals surface area (Å²) in [6.45, 7) is 0.388. The van der Waals surface area contributed by atoms with Crippen LogP contribution in [-0.2, 0) is 19.4 Å². The van der Waals surface area contributed by atoms with E-state index in [4.69, 9.17) is 11.6 Å². The summed E-state index contributed by atoms with van der Waals surface area (Å²) in [5.74, 6) is -0.451. The molecule has 4 rings (SSSR count). The van der Waals surface area contributed by atoms with Gasteiger partial charge in [0.05, 0.1) is 5.56 Å². The highest BCUT2D eigenvalue weighted by Crippen LogP contribution is 2.39. The number of nitrogens with zero attached hydrogens (tertiary/aromatic N) is 1. The van der Waals surface area contributed by atoms with Gasteiger partial charge in [-0.25, -0.2) is 0 Å². The Hall–Kier alpha value is -2.70. The minimum atomic E-state index is -0.274. The van der Waals surface area contributed by atoms with Gasteiger partial charge in [-0.15, -0.1) is 11.3 Å². The second-order valence-electron chi connectivity index (χ2n) is 6.57. The Morgan fingerprint density at radius 1 is 1.14 bits per heavy atom. The molecule has 7 heteroatoms. The van der Waals surface area contributed by atoms with Crippen molar-refractivity contribution in [2.45, 2.75) is 25.8 Å². The minimum Gasteiger partial charge on any atom is -0.348 e. The van der Waals surface area contributed by atoms with Crippen LogP contribution in [0.4, 0.5) is 5.00 Å². The lowest BCUT2D eigenvalue weighted by Crippen LogP contribution is -2.25. The Bertz CT molecular complexity index is 1030. The van der Waals surface area contributed by atoms with Crippen molar-refractivity contribution in [3.63, 3.8) is 0 Å². The maximum Gasteiger partial charge on any atom is 0.256 e. The van der Waals surface area contributed by atoms with E-state index in [1.807, 2.05) is 12.1 Å². The van der Waals surface area contributed by atoms with E-state index in [1.54, 1.807) is 36.7 Å². The number of anilines is 1. The summed E-state index contributed by atoms with van der Waals surface area (Å²) in [6, 6.07) is 10.5. The number of amides is 2. The topological polar surface area (TPSA) is 71.1 Å². The monoisotopic (exact) mass is 411 g/mol. The van der Waals surface area contributed by atoms with E-state index >= 15 is 0 Å². The lowest BCUT2D eigenvalue weighted by Gasteiger charge is -2.10. The first-order valence-electron chi connectivity index (χ1n) is 9.00. The fourth-order valence-electron chi connectivity index (χ4n) is 3.31. The number of halogens is 1. The van der Waals surface area contributed by atoms with Gasteiger partial charge >= 0.3 is 0 Å². The molecule has 1 aromatic carbocycles. The zero-order valence-electron chi connectivity index (χ0n) is 15.0. The average Bonchev–Trinajstić information content (AvgIpc) is 3.27. The Balaban J connectivity index is 1.56. The molecule has 0 saturated carbocycles. The largest absolute Gasteiger partial charge is 0.348 e. The van der Waals surface area contributed by atoms with Crippen LogP contribution in [-0.4, -0.2) is 16.8 Å². The number of benzene rings is 1. The van der Waals surface area contributed by atoms with E-state index in [0.717, 1.165) is 30.4 Å². The molecule has 1 aliphatic carbocycles. The molecule has 1 aliphatic rings. The maximum absolute atomic E-state index is 12.9. The van der Waals surface area contributed by atoms with E-state index in [9.17, 15) is 9.59 Å². The predicted octanol–water partition coefficient (Wildman–Crippen LogP) is 4.47. The molecule has 5 nitrogen and oxygen atoms in total. The van der Waals surface area contributed by atoms with E-state index < -0.39 is 0 Å². The molecule has 0 fully saturated rings. The number of aromatic nitrogens is 1. The van der Waals surface area contributed by atoms with E-state index in [0.29, 0.717) is 27.7 Å². The van der Waals surface area contributed by atoms with Gasteiger partial charge in [0.15, 0.2) is 0 Å². The minimum absolute atomic E-state index is 0.176. The van der Waals surface area contributed by atoms with Gasteiger partial charge < -0.3 is 10.6 Å². The highest BCUT2D eigenvalue weighted by molar-refractivity contribution is 7.17. The first-order valence-corrected chi connectivity index (χ1v) is 10.2. The third-order valence-corrected chi connectivity index (χ3v) is 6.08. The van der Waals surface area contributed by atoms with E-state index in [1.165, 1.54) is 16.2 Å². The zero-order chi connectivity index (χ0) is 19.5. The molecule has 0 aliphatic heterocycles. The van der Waals surface area contributed by atoms with Crippen LogP contribution < -0.4 is 10.6 Å². The Morgan fingerprint density at radius 3 is 2.82 bits per heavy atom. The van der Waals surface area contributed by atoms with Crippen molar-refractivity contribution in [3.8, 4) is 0 Å². The number of hydrogen-bond acceptors (Lipinski definition) is 4. The molecular formula is C21H18ClN3O2S. The number of aryl methyl sites for hydroxylation is 1. The maximum atomic E-state index is 12.9. The fourth-order valence-corrected chi connectivity index (χ4v) is 4.78. The molecule has 0 unspecified atom stereocenters. The third-order valence-electron chi connectivity index (χ3n) is 4.64. The molecular weight excluding hydrogens is 394 g/mol. The standard InChI is InChI=1S/C21H18ClN3O2S/c22-15-6-1-5-14(10-15)19(26)25-21-18(16-7-2-8-17(16)28-21)20(27)24-12-13-4-3-9-23-11-13/h1,3-6,9-11H,2,7-8,12H2,(H,24,27)(H,25,26). The van der Waals surface area contributed by atoms with Gasteiger partial charge in [-0.3, -0.25) is 14.6 Å². The normalized spacial score (nSPS) is 12.5. The summed E-state index contributed by atoms with van der Waals surface area (Å²) < 4.78 is 0. The van der Waals surface area contributed by atoms with Crippen LogP contribution in [0.15, 0.2) is 48.8 Å². The number of pyridine rings is 1. The van der Waals surface area contributed by atoms with Crippen molar-refractivity contribution in [3.05, 3.63) is 80.9 Å². The summed E-state index contributed by atoms with van der Waals surface area (Å²) in [5.41, 5.74) is 3.02. The van der Waals surface area contributed by atoms with Crippen molar-refractivity contribution >= 4 is 39.8 Å². The molecule has 2 N–H and O–H groups in total. The van der Waals surface area contributed by atoms with Gasteiger partial charge in [0.25, 0.3) is 11.8 Å². The van der Waals surface area contributed by atoms with Crippen molar-refractivity contribution in [1.82, 2.24) is 10.3 Å². The summed E-state index contributed by atoms with van der Waals surface area (Å²) in [4.78, 5) is 30.8. The average molecular weight is 412 g/mol. The molecule has 0 bridgehead atoms. The van der Waals surface area contributed by atoms with Crippen LogP contribution in [0, 0.1) is 0 Å². The predicted molar refractivity (Wildman–Crippen MR) is 111 cm³/mol. The number of hydrogen-bond donors (Lipinski definition) is 2. The lowest BCUT2D eigenvalue weighted by molar-refractivity contribution is 0.0951. The van der Waals surface area contributed by atoms with Crippen LogP contribution in [0.1, 0.15) is 43.1 Å². The Morgan fingerprint density at radius 2 is 2.04 bits per heavy atom. The van der Waals surface area contributed by atoms with Gasteiger partial charge in [0.2, 0.25) is 0 Å². The highest BCUT2D eigenvalue weighted by Gasteiger charge is 2.27. The molecule has 0 spiro atoms. The second-order valence-corrected chi connectivity index (χ2v) is 8.11. The van der Waals surface area contributed by atoms with Crippen molar-refractivity contribution in [2.75, 3.05) is 5.32 Å².